The smallest absolute Gasteiger partial charge is 0.157 e. The molecule has 0 fully saturated rings. The van der Waals surface area contributed by atoms with Gasteiger partial charge in [0.25, 0.3) is 0 Å². The lowest BCUT2D eigenvalue weighted by Gasteiger charge is -2.41. The highest BCUT2D eigenvalue weighted by Crippen LogP contribution is 2.40. The molecule has 2 aromatic carbocycles. The van der Waals surface area contributed by atoms with Crippen molar-refractivity contribution in [2.45, 2.75) is 45.6 Å². The summed E-state index contributed by atoms with van der Waals surface area (Å²) < 4.78 is 0. The van der Waals surface area contributed by atoms with Gasteiger partial charge in [-0.1, -0.05) is 49.8 Å². The lowest BCUT2D eigenvalue weighted by Crippen LogP contribution is -2.41. The van der Waals surface area contributed by atoms with Crippen molar-refractivity contribution in [3.05, 3.63) is 58.1 Å². The van der Waals surface area contributed by atoms with Crippen LogP contribution in [0.1, 0.15) is 49.4 Å². The topological polar surface area (TPSA) is 43.7 Å². The summed E-state index contributed by atoms with van der Waals surface area (Å²) in [5.74, 6) is 0.243. The Balaban J connectivity index is 1.70. The van der Waals surface area contributed by atoms with E-state index in [0.717, 1.165) is 53.4 Å². The number of benzene rings is 2. The molecule has 0 bridgehead atoms. The Morgan fingerprint density at radius 3 is 2.52 bits per heavy atom. The first-order valence-electron chi connectivity index (χ1n) is 9.45. The third-order valence-corrected chi connectivity index (χ3v) is 5.92. The van der Waals surface area contributed by atoms with Crippen molar-refractivity contribution < 1.29 is 10.2 Å². The molecule has 144 valence electrons. The first-order valence-corrected chi connectivity index (χ1v) is 10.2. The minimum atomic E-state index is -0.0603. The van der Waals surface area contributed by atoms with Crippen LogP contribution in [-0.2, 0) is 12.8 Å². The second-order valence-corrected chi connectivity index (χ2v) is 8.45. The summed E-state index contributed by atoms with van der Waals surface area (Å²) in [5.41, 5.74) is 3.45. The predicted molar refractivity (Wildman–Crippen MR) is 115 cm³/mol. The number of aryl methyl sites for hydroxylation is 1. The van der Waals surface area contributed by atoms with Gasteiger partial charge in [-0.15, -0.1) is 0 Å². The van der Waals surface area contributed by atoms with E-state index in [0.29, 0.717) is 5.92 Å². The fourth-order valence-corrected chi connectivity index (χ4v) is 4.39. The lowest BCUT2D eigenvalue weighted by atomic mass is 9.85. The first-order chi connectivity index (χ1) is 12.9. The van der Waals surface area contributed by atoms with E-state index in [1.54, 1.807) is 12.1 Å². The van der Waals surface area contributed by atoms with Crippen molar-refractivity contribution in [1.82, 2.24) is 4.90 Å². The monoisotopic (exact) mass is 403 g/mol. The third-order valence-electron chi connectivity index (χ3n) is 5.23. The van der Waals surface area contributed by atoms with Gasteiger partial charge in [0.15, 0.2) is 11.5 Å². The molecule has 3 rings (SSSR count). The van der Waals surface area contributed by atoms with Crippen LogP contribution in [0, 0.1) is 5.92 Å². The second-order valence-electron chi connectivity index (χ2n) is 7.55. The molecule has 0 saturated carbocycles. The van der Waals surface area contributed by atoms with Gasteiger partial charge in [0, 0.05) is 11.6 Å². The van der Waals surface area contributed by atoms with Gasteiger partial charge >= 0.3 is 0 Å². The maximum Gasteiger partial charge on any atom is 0.157 e. The normalized spacial score (nSPS) is 16.4. The summed E-state index contributed by atoms with van der Waals surface area (Å²) in [6, 6.07) is 11.5. The molecule has 5 heteroatoms. The molecule has 2 aromatic rings. The molecular formula is C22H26ClNO2S. The third kappa shape index (κ3) is 4.56. The zero-order valence-electron chi connectivity index (χ0n) is 15.8. The summed E-state index contributed by atoms with van der Waals surface area (Å²) in [7, 11) is 0. The molecule has 1 unspecified atom stereocenters. The number of hydrogen-bond donors (Lipinski definition) is 2. The number of aromatic hydroxyl groups is 2. The van der Waals surface area contributed by atoms with Gasteiger partial charge in [0.05, 0.1) is 11.0 Å². The highest BCUT2D eigenvalue weighted by Gasteiger charge is 2.31. The standard InChI is InChI=1S/C22H26ClNO2S/c1-14(2)22-18-13-20(26)19(25)12-16(18)10-11-24(22)21(27)5-3-4-15-6-8-17(23)9-7-15/h6-9,12-14,22,25-26H,3-5,10-11H2,1-2H3. The molecule has 1 atom stereocenters. The van der Waals surface area contributed by atoms with Gasteiger partial charge < -0.3 is 15.1 Å². The van der Waals surface area contributed by atoms with Crippen molar-refractivity contribution in [3.63, 3.8) is 0 Å². The van der Waals surface area contributed by atoms with Gasteiger partial charge in [0.2, 0.25) is 0 Å². The zero-order valence-corrected chi connectivity index (χ0v) is 17.4. The number of thiocarbonyl (C=S) groups is 1. The Kier molecular flexibility index (Phi) is 6.28. The number of nitrogens with zero attached hydrogens (tertiary/aromatic N) is 1. The van der Waals surface area contributed by atoms with Crippen LogP contribution in [0.25, 0.3) is 0 Å². The van der Waals surface area contributed by atoms with Crippen LogP contribution in [0.15, 0.2) is 36.4 Å². The van der Waals surface area contributed by atoms with E-state index in [2.05, 4.69) is 30.9 Å². The van der Waals surface area contributed by atoms with Gasteiger partial charge in [-0.2, -0.15) is 0 Å². The van der Waals surface area contributed by atoms with Crippen LogP contribution in [0.5, 0.6) is 11.5 Å². The molecule has 0 aliphatic carbocycles. The van der Waals surface area contributed by atoms with Crippen molar-refractivity contribution >= 4 is 28.8 Å². The quantitative estimate of drug-likeness (QED) is 0.499. The number of phenols is 2. The first kappa shape index (κ1) is 20.0. The summed E-state index contributed by atoms with van der Waals surface area (Å²) in [4.78, 5) is 3.28. The molecule has 3 nitrogen and oxygen atoms in total. The van der Waals surface area contributed by atoms with Crippen molar-refractivity contribution in [1.29, 1.82) is 0 Å². The Bertz CT molecular complexity index is 820. The molecule has 1 aliphatic heterocycles. The van der Waals surface area contributed by atoms with Gasteiger partial charge in [-0.25, -0.2) is 0 Å². The largest absolute Gasteiger partial charge is 0.504 e. The maximum absolute atomic E-state index is 9.98. The summed E-state index contributed by atoms with van der Waals surface area (Å²) in [6.07, 6.45) is 3.66. The highest BCUT2D eigenvalue weighted by molar-refractivity contribution is 7.80. The second kappa shape index (κ2) is 8.49. The van der Waals surface area contributed by atoms with Crippen LogP contribution >= 0.6 is 23.8 Å². The van der Waals surface area contributed by atoms with Gasteiger partial charge in [-0.05, 0) is 72.6 Å². The Labute approximate surface area is 171 Å². The van der Waals surface area contributed by atoms with E-state index in [1.165, 1.54) is 5.56 Å². The van der Waals surface area contributed by atoms with Crippen LogP contribution in [0.4, 0.5) is 0 Å². The van der Waals surface area contributed by atoms with Gasteiger partial charge in [0.1, 0.15) is 0 Å². The molecule has 0 aromatic heterocycles. The van der Waals surface area contributed by atoms with Gasteiger partial charge in [-0.3, -0.25) is 0 Å². The average molecular weight is 404 g/mol. The lowest BCUT2D eigenvalue weighted by molar-refractivity contribution is 0.235. The number of phenolic OH excluding ortho intramolecular Hbond substituents is 2. The average Bonchev–Trinajstić information content (AvgIpc) is 2.63. The SMILES string of the molecule is CC(C)C1c2cc(O)c(O)cc2CCN1C(=S)CCCc1ccc(Cl)cc1. The van der Waals surface area contributed by atoms with E-state index in [9.17, 15) is 10.2 Å². The van der Waals surface area contributed by atoms with E-state index < -0.39 is 0 Å². The Morgan fingerprint density at radius 1 is 1.19 bits per heavy atom. The molecule has 0 radical (unpaired) electrons. The zero-order chi connectivity index (χ0) is 19.6. The number of halogens is 1. The van der Waals surface area contributed by atoms with E-state index >= 15 is 0 Å². The van der Waals surface area contributed by atoms with Crippen LogP contribution in [0.2, 0.25) is 5.02 Å². The summed E-state index contributed by atoms with van der Waals surface area (Å²) in [5, 5.41) is 20.6. The van der Waals surface area contributed by atoms with Crippen molar-refractivity contribution in [2.75, 3.05) is 6.54 Å². The molecular weight excluding hydrogens is 378 g/mol. The maximum atomic E-state index is 9.98. The number of fused-ring (bicyclic) bond motifs is 1. The van der Waals surface area contributed by atoms with Crippen molar-refractivity contribution in [2.24, 2.45) is 5.92 Å². The summed E-state index contributed by atoms with van der Waals surface area (Å²) >= 11 is 11.7. The molecule has 0 saturated heterocycles. The predicted octanol–water partition coefficient (Wildman–Crippen LogP) is 5.66. The molecule has 2 N–H and O–H groups in total. The number of hydrogen-bond acceptors (Lipinski definition) is 3. The van der Waals surface area contributed by atoms with Crippen LogP contribution in [-0.4, -0.2) is 26.6 Å². The summed E-state index contributed by atoms with van der Waals surface area (Å²) in [6.45, 7) is 5.19. The highest BCUT2D eigenvalue weighted by atomic mass is 35.5. The number of rotatable bonds is 5. The minimum Gasteiger partial charge on any atom is -0.504 e. The Hall–Kier alpha value is -1.78. The molecule has 1 heterocycles. The minimum absolute atomic E-state index is 0.0461. The van der Waals surface area contributed by atoms with E-state index in [-0.39, 0.29) is 17.5 Å². The van der Waals surface area contributed by atoms with E-state index in [1.807, 2.05) is 12.1 Å². The van der Waals surface area contributed by atoms with Crippen LogP contribution in [0.3, 0.4) is 0 Å². The molecule has 27 heavy (non-hydrogen) atoms. The van der Waals surface area contributed by atoms with Crippen LogP contribution < -0.4 is 0 Å². The van der Waals surface area contributed by atoms with E-state index in [4.69, 9.17) is 23.8 Å². The molecule has 0 amide bonds. The van der Waals surface area contributed by atoms with Crippen molar-refractivity contribution in [3.8, 4) is 11.5 Å². The fourth-order valence-electron chi connectivity index (χ4n) is 3.91. The fraction of sp³-hybridized carbons (Fsp3) is 0.409. The molecule has 1 aliphatic rings. The molecule has 0 spiro atoms. The Morgan fingerprint density at radius 2 is 1.85 bits per heavy atom.